The molecule has 0 unspecified atom stereocenters. The van der Waals surface area contributed by atoms with Gasteiger partial charge in [-0.2, -0.15) is 0 Å². The van der Waals surface area contributed by atoms with E-state index in [1.54, 1.807) is 0 Å². The zero-order chi connectivity index (χ0) is 13.8. The van der Waals surface area contributed by atoms with Crippen LogP contribution in [0.25, 0.3) is 0 Å². The Kier molecular flexibility index (Phi) is 4.76. The number of hydrogen-bond donors (Lipinski definition) is 0. The molecule has 0 aliphatic carbocycles. The second-order valence-electron chi connectivity index (χ2n) is 4.61. The molecule has 0 saturated carbocycles. The number of likely N-dealkylation sites (N-methyl/N-ethyl adjacent to an activating group) is 1. The first-order valence-corrected chi connectivity index (χ1v) is 7.15. The summed E-state index contributed by atoms with van der Waals surface area (Å²) in [5.74, 6) is 1.91. The van der Waals surface area contributed by atoms with Gasteiger partial charge in [0.2, 0.25) is 0 Å². The van der Waals surface area contributed by atoms with E-state index in [4.69, 9.17) is 4.42 Å². The SMILES string of the molecule is Cc1ccc(CN(C)CC(=O)c2ccc(I)cc2)o1. The number of halogens is 1. The highest BCUT2D eigenvalue weighted by Crippen LogP contribution is 2.11. The Balaban J connectivity index is 1.93. The molecule has 2 aromatic rings. The fourth-order valence-corrected chi connectivity index (χ4v) is 2.22. The van der Waals surface area contributed by atoms with E-state index in [2.05, 4.69) is 22.6 Å². The van der Waals surface area contributed by atoms with Crippen molar-refractivity contribution in [3.63, 3.8) is 0 Å². The second kappa shape index (κ2) is 6.34. The highest BCUT2D eigenvalue weighted by molar-refractivity contribution is 14.1. The molecule has 1 heterocycles. The van der Waals surface area contributed by atoms with E-state index < -0.39 is 0 Å². The average molecular weight is 369 g/mol. The molecular weight excluding hydrogens is 353 g/mol. The molecule has 2 rings (SSSR count). The van der Waals surface area contributed by atoms with E-state index in [9.17, 15) is 4.79 Å². The summed E-state index contributed by atoms with van der Waals surface area (Å²) in [5.41, 5.74) is 0.753. The Bertz CT molecular complexity index is 560. The first kappa shape index (κ1) is 14.3. The number of furan rings is 1. The lowest BCUT2D eigenvalue weighted by Gasteiger charge is -2.14. The molecular formula is C15H16INO2. The summed E-state index contributed by atoms with van der Waals surface area (Å²) in [5, 5.41) is 0. The molecule has 3 nitrogen and oxygen atoms in total. The number of hydrogen-bond acceptors (Lipinski definition) is 3. The van der Waals surface area contributed by atoms with Crippen molar-refractivity contribution in [3.05, 3.63) is 57.1 Å². The molecule has 0 radical (unpaired) electrons. The van der Waals surface area contributed by atoms with Crippen LogP contribution in [0.4, 0.5) is 0 Å². The third-order valence-corrected chi connectivity index (χ3v) is 3.52. The monoisotopic (exact) mass is 369 g/mol. The van der Waals surface area contributed by atoms with Crippen molar-refractivity contribution in [2.24, 2.45) is 0 Å². The first-order chi connectivity index (χ1) is 9.04. The second-order valence-corrected chi connectivity index (χ2v) is 5.86. The van der Waals surface area contributed by atoms with Crippen LogP contribution in [0.15, 0.2) is 40.8 Å². The number of aryl methyl sites for hydroxylation is 1. The minimum Gasteiger partial charge on any atom is -0.465 e. The largest absolute Gasteiger partial charge is 0.465 e. The predicted octanol–water partition coefficient (Wildman–Crippen LogP) is 3.51. The van der Waals surface area contributed by atoms with Crippen molar-refractivity contribution in [2.45, 2.75) is 13.5 Å². The Hall–Kier alpha value is -1.14. The average Bonchev–Trinajstić information content (AvgIpc) is 2.75. The molecule has 1 aromatic carbocycles. The zero-order valence-corrected chi connectivity index (χ0v) is 13.2. The van der Waals surface area contributed by atoms with Gasteiger partial charge in [0.25, 0.3) is 0 Å². The van der Waals surface area contributed by atoms with Gasteiger partial charge in [0.05, 0.1) is 13.1 Å². The fraction of sp³-hybridized carbons (Fsp3) is 0.267. The van der Waals surface area contributed by atoms with Crippen LogP contribution in [0.5, 0.6) is 0 Å². The van der Waals surface area contributed by atoms with E-state index in [0.717, 1.165) is 20.7 Å². The Morgan fingerprint density at radius 3 is 2.47 bits per heavy atom. The lowest BCUT2D eigenvalue weighted by molar-refractivity contribution is 0.0939. The van der Waals surface area contributed by atoms with Crippen LogP contribution < -0.4 is 0 Å². The van der Waals surface area contributed by atoms with Crippen LogP contribution in [-0.4, -0.2) is 24.3 Å². The maximum absolute atomic E-state index is 12.1. The number of ketones is 1. The van der Waals surface area contributed by atoms with Gasteiger partial charge < -0.3 is 4.42 Å². The molecule has 0 spiro atoms. The van der Waals surface area contributed by atoms with Crippen molar-refractivity contribution < 1.29 is 9.21 Å². The number of nitrogens with zero attached hydrogens (tertiary/aromatic N) is 1. The summed E-state index contributed by atoms with van der Waals surface area (Å²) in [6.45, 7) is 2.95. The maximum atomic E-state index is 12.1. The quantitative estimate of drug-likeness (QED) is 0.598. The molecule has 0 saturated heterocycles. The molecule has 0 fully saturated rings. The fourth-order valence-electron chi connectivity index (χ4n) is 1.86. The molecule has 0 N–H and O–H groups in total. The molecule has 0 bridgehead atoms. The van der Waals surface area contributed by atoms with Crippen molar-refractivity contribution in [2.75, 3.05) is 13.6 Å². The number of carbonyl (C=O) groups is 1. The van der Waals surface area contributed by atoms with Gasteiger partial charge in [0.15, 0.2) is 5.78 Å². The zero-order valence-electron chi connectivity index (χ0n) is 11.0. The van der Waals surface area contributed by atoms with Crippen LogP contribution in [0.1, 0.15) is 21.9 Å². The van der Waals surface area contributed by atoms with Gasteiger partial charge in [-0.3, -0.25) is 9.69 Å². The highest BCUT2D eigenvalue weighted by atomic mass is 127. The summed E-state index contributed by atoms with van der Waals surface area (Å²) >= 11 is 2.23. The van der Waals surface area contributed by atoms with Crippen LogP contribution in [-0.2, 0) is 6.54 Å². The Morgan fingerprint density at radius 2 is 1.89 bits per heavy atom. The smallest absolute Gasteiger partial charge is 0.176 e. The van der Waals surface area contributed by atoms with Gasteiger partial charge in [0, 0.05) is 9.13 Å². The summed E-state index contributed by atoms with van der Waals surface area (Å²) in [6.07, 6.45) is 0. The summed E-state index contributed by atoms with van der Waals surface area (Å²) in [4.78, 5) is 14.0. The van der Waals surface area contributed by atoms with Crippen molar-refractivity contribution in [1.29, 1.82) is 0 Å². The lowest BCUT2D eigenvalue weighted by atomic mass is 10.1. The molecule has 0 aliphatic rings. The molecule has 0 amide bonds. The van der Waals surface area contributed by atoms with Gasteiger partial charge in [0.1, 0.15) is 11.5 Å². The van der Waals surface area contributed by atoms with E-state index in [0.29, 0.717) is 13.1 Å². The van der Waals surface area contributed by atoms with E-state index >= 15 is 0 Å². The molecule has 100 valence electrons. The predicted molar refractivity (Wildman–Crippen MR) is 83.3 cm³/mol. The Morgan fingerprint density at radius 1 is 1.21 bits per heavy atom. The first-order valence-electron chi connectivity index (χ1n) is 6.07. The molecule has 0 aliphatic heterocycles. The van der Waals surface area contributed by atoms with Crippen LogP contribution >= 0.6 is 22.6 Å². The topological polar surface area (TPSA) is 33.5 Å². The summed E-state index contributed by atoms with van der Waals surface area (Å²) < 4.78 is 6.64. The number of carbonyl (C=O) groups excluding carboxylic acids is 1. The molecule has 19 heavy (non-hydrogen) atoms. The summed E-state index contributed by atoms with van der Waals surface area (Å²) in [6, 6.07) is 11.5. The Labute approximate surface area is 126 Å². The van der Waals surface area contributed by atoms with Crippen molar-refractivity contribution >= 4 is 28.4 Å². The van der Waals surface area contributed by atoms with Gasteiger partial charge in [-0.25, -0.2) is 0 Å². The van der Waals surface area contributed by atoms with Gasteiger partial charge in [-0.05, 0) is 60.8 Å². The van der Waals surface area contributed by atoms with Crippen molar-refractivity contribution in [3.8, 4) is 0 Å². The van der Waals surface area contributed by atoms with Crippen LogP contribution in [0, 0.1) is 10.5 Å². The van der Waals surface area contributed by atoms with Crippen LogP contribution in [0.3, 0.4) is 0 Å². The standard InChI is InChI=1S/C15H16INO2/c1-11-3-8-14(19-11)9-17(2)10-15(18)12-4-6-13(16)7-5-12/h3-8H,9-10H2,1-2H3. The number of benzene rings is 1. The summed E-state index contributed by atoms with van der Waals surface area (Å²) in [7, 11) is 1.92. The minimum atomic E-state index is 0.127. The van der Waals surface area contributed by atoms with E-state index in [1.807, 2.05) is 55.3 Å². The maximum Gasteiger partial charge on any atom is 0.176 e. The molecule has 1 aromatic heterocycles. The number of Topliss-reactive ketones (excluding diaryl/α,β-unsaturated/α-hetero) is 1. The van der Waals surface area contributed by atoms with Crippen molar-refractivity contribution in [1.82, 2.24) is 4.90 Å². The third-order valence-electron chi connectivity index (χ3n) is 2.80. The highest BCUT2D eigenvalue weighted by Gasteiger charge is 2.11. The minimum absolute atomic E-state index is 0.127. The molecule has 4 heteroatoms. The van der Waals surface area contributed by atoms with E-state index in [-0.39, 0.29) is 5.78 Å². The van der Waals surface area contributed by atoms with Gasteiger partial charge in [-0.15, -0.1) is 0 Å². The molecule has 0 atom stereocenters. The van der Waals surface area contributed by atoms with Gasteiger partial charge in [-0.1, -0.05) is 12.1 Å². The number of rotatable bonds is 5. The van der Waals surface area contributed by atoms with Crippen LogP contribution in [0.2, 0.25) is 0 Å². The van der Waals surface area contributed by atoms with Gasteiger partial charge >= 0.3 is 0 Å². The lowest BCUT2D eigenvalue weighted by Crippen LogP contribution is -2.25. The normalized spacial score (nSPS) is 10.9. The third kappa shape index (κ3) is 4.18. The van der Waals surface area contributed by atoms with E-state index in [1.165, 1.54) is 0 Å².